The molecule has 2 aliphatic rings. The molecule has 0 aliphatic carbocycles. The van der Waals surface area contributed by atoms with Crippen LogP contribution in [-0.4, -0.2) is 82.6 Å². The number of hydrogen-bond donors (Lipinski definition) is 0. The lowest BCUT2D eigenvalue weighted by molar-refractivity contribution is -0.389. The zero-order valence-electron chi connectivity index (χ0n) is 17.0. The number of carbonyl (C=O) groups is 1. The van der Waals surface area contributed by atoms with Gasteiger partial charge in [0.1, 0.15) is 12.8 Å². The van der Waals surface area contributed by atoms with Gasteiger partial charge in [-0.15, -0.1) is 0 Å². The Balaban J connectivity index is 1.28. The molecule has 2 aromatic rings. The standard InChI is InChI=1S/C20H23N7O4/c21-13-16-1-3-17(4-2-16)24-7-9-25(10-8-24)19(28)15-23-5-6-26-14-18(27(29)30)22-20(26)31-12-11-23/h1-4,14H,5-12,15H2. The Labute approximate surface area is 179 Å². The van der Waals surface area contributed by atoms with E-state index in [1.54, 1.807) is 16.7 Å². The molecule has 1 aromatic carbocycles. The minimum absolute atomic E-state index is 0.0666. The lowest BCUT2D eigenvalue weighted by atomic mass is 10.2. The van der Waals surface area contributed by atoms with Crippen molar-refractivity contribution in [3.05, 3.63) is 46.1 Å². The second-order valence-corrected chi connectivity index (χ2v) is 7.48. The second kappa shape index (κ2) is 9.01. The highest BCUT2D eigenvalue weighted by Gasteiger charge is 2.26. The third-order valence-corrected chi connectivity index (χ3v) is 5.56. The lowest BCUT2D eigenvalue weighted by Gasteiger charge is -2.37. The van der Waals surface area contributed by atoms with Gasteiger partial charge in [-0.05, 0) is 29.2 Å². The van der Waals surface area contributed by atoms with Gasteiger partial charge in [0.05, 0.1) is 18.2 Å². The molecule has 4 rings (SSSR count). The largest absolute Gasteiger partial charge is 0.444 e. The fourth-order valence-electron chi connectivity index (χ4n) is 3.79. The Morgan fingerprint density at radius 1 is 1.13 bits per heavy atom. The van der Waals surface area contributed by atoms with Gasteiger partial charge in [-0.25, -0.2) is 0 Å². The van der Waals surface area contributed by atoms with E-state index in [1.165, 1.54) is 6.20 Å². The maximum absolute atomic E-state index is 12.8. The van der Waals surface area contributed by atoms with Gasteiger partial charge in [0.25, 0.3) is 0 Å². The van der Waals surface area contributed by atoms with Crippen molar-refractivity contribution in [3.63, 3.8) is 0 Å². The number of nitrogens with zero attached hydrogens (tertiary/aromatic N) is 7. The van der Waals surface area contributed by atoms with Crippen molar-refractivity contribution in [3.8, 4) is 12.1 Å². The monoisotopic (exact) mass is 425 g/mol. The van der Waals surface area contributed by atoms with Gasteiger partial charge >= 0.3 is 11.8 Å². The number of nitro groups is 1. The van der Waals surface area contributed by atoms with Crippen molar-refractivity contribution in [1.29, 1.82) is 5.26 Å². The number of imidazole rings is 1. The van der Waals surface area contributed by atoms with Crippen LogP contribution in [0.3, 0.4) is 0 Å². The van der Waals surface area contributed by atoms with Crippen molar-refractivity contribution in [1.82, 2.24) is 19.4 Å². The van der Waals surface area contributed by atoms with Crippen LogP contribution in [0.15, 0.2) is 30.5 Å². The molecular weight excluding hydrogens is 402 g/mol. The van der Waals surface area contributed by atoms with Gasteiger partial charge in [-0.3, -0.25) is 14.3 Å². The number of ether oxygens (including phenoxy) is 1. The zero-order chi connectivity index (χ0) is 21.8. The molecule has 0 radical (unpaired) electrons. The molecular formula is C20H23N7O4. The van der Waals surface area contributed by atoms with E-state index in [2.05, 4.69) is 16.0 Å². The molecule has 0 saturated carbocycles. The summed E-state index contributed by atoms with van der Waals surface area (Å²) < 4.78 is 7.17. The van der Waals surface area contributed by atoms with E-state index in [1.807, 2.05) is 21.9 Å². The summed E-state index contributed by atoms with van der Waals surface area (Å²) in [4.78, 5) is 33.1. The van der Waals surface area contributed by atoms with Crippen molar-refractivity contribution < 1.29 is 14.5 Å². The predicted octanol–water partition coefficient (Wildman–Crippen LogP) is 0.706. The first-order valence-electron chi connectivity index (χ1n) is 10.1. The van der Waals surface area contributed by atoms with Crippen LogP contribution in [0.1, 0.15) is 5.56 Å². The molecule has 0 N–H and O–H groups in total. The van der Waals surface area contributed by atoms with E-state index in [0.29, 0.717) is 44.9 Å². The zero-order valence-corrected chi connectivity index (χ0v) is 17.0. The fraction of sp³-hybridized carbons (Fsp3) is 0.450. The van der Waals surface area contributed by atoms with Crippen LogP contribution in [0.5, 0.6) is 6.01 Å². The molecule has 3 heterocycles. The van der Waals surface area contributed by atoms with Crippen molar-refractivity contribution in [2.24, 2.45) is 0 Å². The minimum Gasteiger partial charge on any atom is -0.444 e. The molecule has 162 valence electrons. The van der Waals surface area contributed by atoms with E-state index in [0.717, 1.165) is 18.8 Å². The Hall–Kier alpha value is -3.65. The summed E-state index contributed by atoms with van der Waals surface area (Å²) in [5, 5.41) is 19.8. The Morgan fingerprint density at radius 2 is 1.87 bits per heavy atom. The average molecular weight is 425 g/mol. The molecule has 31 heavy (non-hydrogen) atoms. The van der Waals surface area contributed by atoms with Crippen LogP contribution in [0, 0.1) is 21.4 Å². The summed E-state index contributed by atoms with van der Waals surface area (Å²) >= 11 is 0. The molecule has 2 aliphatic heterocycles. The fourth-order valence-corrected chi connectivity index (χ4v) is 3.79. The first-order valence-corrected chi connectivity index (χ1v) is 10.1. The van der Waals surface area contributed by atoms with Gasteiger partial charge in [0.2, 0.25) is 5.91 Å². The molecule has 1 saturated heterocycles. The third kappa shape index (κ3) is 4.75. The van der Waals surface area contributed by atoms with Gasteiger partial charge < -0.3 is 24.7 Å². The number of fused-ring (bicyclic) bond motifs is 1. The minimum atomic E-state index is -0.542. The summed E-state index contributed by atoms with van der Waals surface area (Å²) in [6, 6.07) is 9.84. The van der Waals surface area contributed by atoms with Gasteiger partial charge in [0, 0.05) is 56.5 Å². The SMILES string of the molecule is N#Cc1ccc(N2CCN(C(=O)CN3CCOc4nc([N+](=O)[O-])cn4CC3)CC2)cc1. The summed E-state index contributed by atoms with van der Waals surface area (Å²) in [6.45, 7) is 4.96. The Bertz CT molecular complexity index is 990. The average Bonchev–Trinajstić information content (AvgIpc) is 3.18. The van der Waals surface area contributed by atoms with E-state index < -0.39 is 4.92 Å². The van der Waals surface area contributed by atoms with E-state index in [-0.39, 0.29) is 24.3 Å². The van der Waals surface area contributed by atoms with Crippen LogP contribution in [0.2, 0.25) is 0 Å². The highest BCUT2D eigenvalue weighted by Crippen LogP contribution is 2.20. The van der Waals surface area contributed by atoms with Crippen LogP contribution in [-0.2, 0) is 11.3 Å². The van der Waals surface area contributed by atoms with Crippen LogP contribution in [0.25, 0.3) is 0 Å². The summed E-state index contributed by atoms with van der Waals surface area (Å²) in [5.41, 5.74) is 1.68. The molecule has 11 heteroatoms. The molecule has 1 aromatic heterocycles. The molecule has 0 spiro atoms. The van der Waals surface area contributed by atoms with E-state index in [4.69, 9.17) is 10.00 Å². The molecule has 0 atom stereocenters. The number of aromatic nitrogens is 2. The molecule has 1 amide bonds. The number of nitriles is 1. The number of anilines is 1. The highest BCUT2D eigenvalue weighted by atomic mass is 16.6. The van der Waals surface area contributed by atoms with Crippen LogP contribution in [0.4, 0.5) is 11.5 Å². The topological polar surface area (TPSA) is 121 Å². The highest BCUT2D eigenvalue weighted by molar-refractivity contribution is 5.78. The smallest absolute Gasteiger partial charge is 0.414 e. The van der Waals surface area contributed by atoms with Crippen molar-refractivity contribution >= 4 is 17.4 Å². The lowest BCUT2D eigenvalue weighted by Crippen LogP contribution is -2.52. The number of benzene rings is 1. The second-order valence-electron chi connectivity index (χ2n) is 7.48. The van der Waals surface area contributed by atoms with E-state index >= 15 is 0 Å². The Morgan fingerprint density at radius 3 is 2.55 bits per heavy atom. The molecule has 1 fully saturated rings. The quantitative estimate of drug-likeness (QED) is 0.519. The maximum atomic E-state index is 12.8. The van der Waals surface area contributed by atoms with Crippen LogP contribution >= 0.6 is 0 Å². The first kappa shape index (κ1) is 20.6. The number of amides is 1. The summed E-state index contributed by atoms with van der Waals surface area (Å²) in [5.74, 6) is -0.170. The number of piperazine rings is 1. The maximum Gasteiger partial charge on any atom is 0.414 e. The summed E-state index contributed by atoms with van der Waals surface area (Å²) in [7, 11) is 0. The number of rotatable bonds is 4. The molecule has 0 unspecified atom stereocenters. The predicted molar refractivity (Wildman–Crippen MR) is 111 cm³/mol. The van der Waals surface area contributed by atoms with Crippen molar-refractivity contribution in [2.45, 2.75) is 6.54 Å². The molecule has 0 bridgehead atoms. The van der Waals surface area contributed by atoms with Gasteiger partial charge in [-0.2, -0.15) is 5.26 Å². The Kier molecular flexibility index (Phi) is 5.99. The number of hydrogen-bond acceptors (Lipinski definition) is 8. The number of carbonyl (C=O) groups excluding carboxylic acids is 1. The van der Waals surface area contributed by atoms with Crippen LogP contribution < -0.4 is 9.64 Å². The van der Waals surface area contributed by atoms with Gasteiger partial charge in [0.15, 0.2) is 0 Å². The normalized spacial score (nSPS) is 17.1. The van der Waals surface area contributed by atoms with E-state index in [9.17, 15) is 14.9 Å². The third-order valence-electron chi connectivity index (χ3n) is 5.56. The van der Waals surface area contributed by atoms with Crippen molar-refractivity contribution in [2.75, 3.05) is 57.3 Å². The van der Waals surface area contributed by atoms with Gasteiger partial charge in [-0.1, -0.05) is 0 Å². The first-order chi connectivity index (χ1) is 15.0. The molecule has 11 nitrogen and oxygen atoms in total. The summed E-state index contributed by atoms with van der Waals surface area (Å²) in [6.07, 6.45) is 1.36.